The smallest absolute Gasteiger partial charge is 0.246 e. The lowest BCUT2D eigenvalue weighted by molar-refractivity contribution is -0.126. The fraction of sp³-hybridized carbons (Fsp3) is 0.500. The van der Waals surface area contributed by atoms with Crippen molar-refractivity contribution in [3.05, 3.63) is 23.2 Å². The third-order valence-corrected chi connectivity index (χ3v) is 5.84. The van der Waals surface area contributed by atoms with Gasteiger partial charge in [0.15, 0.2) is 0 Å². The van der Waals surface area contributed by atoms with Crippen LogP contribution >= 0.6 is 11.6 Å². The summed E-state index contributed by atoms with van der Waals surface area (Å²) in [6, 6.07) is 4.48. The average Bonchev–Trinajstić information content (AvgIpc) is 2.56. The van der Waals surface area contributed by atoms with E-state index in [0.717, 1.165) is 0 Å². The third-order valence-electron chi connectivity index (χ3n) is 3.72. The minimum Gasteiger partial charge on any atom is -0.492 e. The van der Waals surface area contributed by atoms with Gasteiger partial charge < -0.3 is 4.74 Å². The molecule has 1 saturated heterocycles. The van der Waals surface area contributed by atoms with Crippen LogP contribution in [-0.4, -0.2) is 38.3 Å². The molecule has 3 N–H and O–H groups in total. The highest BCUT2D eigenvalue weighted by Gasteiger charge is 2.34. The van der Waals surface area contributed by atoms with Gasteiger partial charge in [0.2, 0.25) is 15.9 Å². The van der Waals surface area contributed by atoms with Crippen molar-refractivity contribution in [3.63, 3.8) is 0 Å². The number of hydrazine groups is 1. The molecule has 1 aliphatic rings. The summed E-state index contributed by atoms with van der Waals surface area (Å²) in [5, 5.41) is 0.306. The van der Waals surface area contributed by atoms with Crippen molar-refractivity contribution in [2.24, 2.45) is 11.8 Å². The zero-order chi connectivity index (χ0) is 17.0. The maximum atomic E-state index is 12.9. The van der Waals surface area contributed by atoms with Gasteiger partial charge in [0.1, 0.15) is 10.6 Å². The fourth-order valence-electron chi connectivity index (χ4n) is 2.59. The molecule has 1 aliphatic heterocycles. The summed E-state index contributed by atoms with van der Waals surface area (Å²) in [4.78, 5) is 11.7. The van der Waals surface area contributed by atoms with Crippen LogP contribution in [0.1, 0.15) is 19.8 Å². The lowest BCUT2D eigenvalue weighted by atomic mass is 9.99. The molecule has 9 heteroatoms. The molecule has 7 nitrogen and oxygen atoms in total. The number of ether oxygens (including phenoxy) is 1. The minimum atomic E-state index is -3.81. The van der Waals surface area contributed by atoms with Crippen LogP contribution in [0.5, 0.6) is 5.75 Å². The van der Waals surface area contributed by atoms with Crippen LogP contribution in [0.2, 0.25) is 5.02 Å². The van der Waals surface area contributed by atoms with E-state index in [2.05, 4.69) is 5.43 Å². The number of nitrogens with one attached hydrogen (secondary N) is 1. The normalized spacial score (nSPS) is 19.3. The highest BCUT2D eigenvalue weighted by Crippen LogP contribution is 2.32. The van der Waals surface area contributed by atoms with Crippen molar-refractivity contribution in [2.75, 3.05) is 19.7 Å². The number of benzene rings is 1. The predicted octanol–water partition coefficient (Wildman–Crippen LogP) is 1.13. The highest BCUT2D eigenvalue weighted by atomic mass is 35.5. The Bertz CT molecular complexity index is 681. The van der Waals surface area contributed by atoms with Crippen LogP contribution in [0.3, 0.4) is 0 Å². The molecule has 1 heterocycles. The van der Waals surface area contributed by atoms with E-state index in [1.165, 1.54) is 16.4 Å². The monoisotopic (exact) mass is 361 g/mol. The van der Waals surface area contributed by atoms with Crippen LogP contribution < -0.4 is 16.0 Å². The minimum absolute atomic E-state index is 0.0145. The van der Waals surface area contributed by atoms with Crippen LogP contribution in [0.15, 0.2) is 23.1 Å². The van der Waals surface area contributed by atoms with Gasteiger partial charge >= 0.3 is 0 Å². The first-order valence-corrected chi connectivity index (χ1v) is 9.15. The van der Waals surface area contributed by atoms with E-state index in [1.54, 1.807) is 13.0 Å². The van der Waals surface area contributed by atoms with E-state index < -0.39 is 15.9 Å². The first-order valence-electron chi connectivity index (χ1n) is 7.33. The van der Waals surface area contributed by atoms with Gasteiger partial charge in [-0.05, 0) is 38.0 Å². The molecule has 0 aliphatic carbocycles. The summed E-state index contributed by atoms with van der Waals surface area (Å²) in [7, 11) is -3.81. The summed E-state index contributed by atoms with van der Waals surface area (Å²) in [6.07, 6.45) is 1.19. The summed E-state index contributed by atoms with van der Waals surface area (Å²) < 4.78 is 32.5. The summed E-state index contributed by atoms with van der Waals surface area (Å²) >= 11 is 5.94. The Hall–Kier alpha value is -1.35. The second-order valence-electron chi connectivity index (χ2n) is 5.23. The lowest BCUT2D eigenvalue weighted by Crippen LogP contribution is -2.46. The zero-order valence-corrected chi connectivity index (χ0v) is 14.4. The molecule has 0 spiro atoms. The molecule has 0 unspecified atom stereocenters. The molecule has 2 rings (SSSR count). The number of nitrogens with zero attached hydrogens (tertiary/aromatic N) is 1. The standard InChI is InChI=1S/C14H20ClN3O4S/c1-2-22-12-6-5-11(15)8-13(12)23(20,21)18-7-3-4-10(9-18)14(19)17-16/h5-6,8,10H,2-4,7,9,16H2,1H3,(H,17,19)/t10-/m0/s1. The second kappa shape index (κ2) is 7.48. The summed E-state index contributed by atoms with van der Waals surface area (Å²) in [5.41, 5.74) is 2.08. The first kappa shape index (κ1) is 18.0. The Balaban J connectivity index is 2.34. The Labute approximate surface area is 140 Å². The van der Waals surface area contributed by atoms with Crippen molar-refractivity contribution in [1.82, 2.24) is 9.73 Å². The molecule has 1 atom stereocenters. The van der Waals surface area contributed by atoms with Gasteiger partial charge in [0.25, 0.3) is 0 Å². The molecule has 23 heavy (non-hydrogen) atoms. The van der Waals surface area contributed by atoms with Gasteiger partial charge in [0.05, 0.1) is 12.5 Å². The number of carbonyl (C=O) groups excluding carboxylic acids is 1. The second-order valence-corrected chi connectivity index (χ2v) is 7.58. The van der Waals surface area contributed by atoms with Crippen molar-refractivity contribution in [2.45, 2.75) is 24.7 Å². The molecule has 1 aromatic carbocycles. The number of amides is 1. The van der Waals surface area contributed by atoms with Crippen LogP contribution in [0, 0.1) is 5.92 Å². The molecular formula is C14H20ClN3O4S. The van der Waals surface area contributed by atoms with E-state index in [1.807, 2.05) is 0 Å². The lowest BCUT2D eigenvalue weighted by Gasteiger charge is -2.31. The van der Waals surface area contributed by atoms with E-state index in [0.29, 0.717) is 31.0 Å². The van der Waals surface area contributed by atoms with Crippen molar-refractivity contribution >= 4 is 27.5 Å². The third kappa shape index (κ3) is 3.95. The van der Waals surface area contributed by atoms with Crippen molar-refractivity contribution in [3.8, 4) is 5.75 Å². The largest absolute Gasteiger partial charge is 0.492 e. The molecule has 0 radical (unpaired) electrons. The molecule has 0 saturated carbocycles. The molecule has 1 amide bonds. The number of carbonyl (C=O) groups is 1. The van der Waals surface area contributed by atoms with Gasteiger partial charge in [-0.25, -0.2) is 14.3 Å². The molecule has 128 valence electrons. The van der Waals surface area contributed by atoms with Crippen molar-refractivity contribution < 1.29 is 17.9 Å². The molecule has 0 bridgehead atoms. The number of sulfonamides is 1. The topological polar surface area (TPSA) is 102 Å². The van der Waals surface area contributed by atoms with E-state index >= 15 is 0 Å². The Kier molecular flexibility index (Phi) is 5.85. The van der Waals surface area contributed by atoms with Gasteiger partial charge in [0, 0.05) is 18.1 Å². The van der Waals surface area contributed by atoms with Gasteiger partial charge in [-0.15, -0.1) is 0 Å². The SMILES string of the molecule is CCOc1ccc(Cl)cc1S(=O)(=O)N1CCC[C@H](C(=O)NN)C1. The van der Waals surface area contributed by atoms with Crippen LogP contribution in [-0.2, 0) is 14.8 Å². The van der Waals surface area contributed by atoms with Crippen LogP contribution in [0.25, 0.3) is 0 Å². The van der Waals surface area contributed by atoms with E-state index in [9.17, 15) is 13.2 Å². The fourth-order valence-corrected chi connectivity index (χ4v) is 4.51. The zero-order valence-electron chi connectivity index (χ0n) is 12.8. The number of hydrogen-bond acceptors (Lipinski definition) is 5. The van der Waals surface area contributed by atoms with E-state index in [4.69, 9.17) is 22.2 Å². The molecule has 1 fully saturated rings. The summed E-state index contributed by atoms with van der Waals surface area (Å²) in [6.45, 7) is 2.54. The number of hydrogen-bond donors (Lipinski definition) is 2. The molecule has 0 aromatic heterocycles. The maximum absolute atomic E-state index is 12.9. The Morgan fingerprint density at radius 1 is 1.52 bits per heavy atom. The van der Waals surface area contributed by atoms with Gasteiger partial charge in [-0.3, -0.25) is 10.2 Å². The first-order chi connectivity index (χ1) is 10.9. The maximum Gasteiger partial charge on any atom is 0.246 e. The quantitative estimate of drug-likeness (QED) is 0.465. The predicted molar refractivity (Wildman–Crippen MR) is 86.4 cm³/mol. The highest BCUT2D eigenvalue weighted by molar-refractivity contribution is 7.89. The number of piperidine rings is 1. The number of nitrogens with two attached hydrogens (primary N) is 1. The van der Waals surface area contributed by atoms with Gasteiger partial charge in [-0.1, -0.05) is 11.6 Å². The number of rotatable bonds is 5. The average molecular weight is 362 g/mol. The Morgan fingerprint density at radius 2 is 2.26 bits per heavy atom. The van der Waals surface area contributed by atoms with Crippen molar-refractivity contribution in [1.29, 1.82) is 0 Å². The molecule has 1 aromatic rings. The van der Waals surface area contributed by atoms with Crippen LogP contribution in [0.4, 0.5) is 0 Å². The molecular weight excluding hydrogens is 342 g/mol. The van der Waals surface area contributed by atoms with E-state index in [-0.39, 0.29) is 23.1 Å². The summed E-state index contributed by atoms with van der Waals surface area (Å²) in [5.74, 6) is 4.58. The Morgan fingerprint density at radius 3 is 2.91 bits per heavy atom. The van der Waals surface area contributed by atoms with Gasteiger partial charge in [-0.2, -0.15) is 4.31 Å². The number of halogens is 1.